The van der Waals surface area contributed by atoms with Crippen molar-refractivity contribution < 1.29 is 13.2 Å². The second-order valence-corrected chi connectivity index (χ2v) is 8.72. The first-order valence-electron chi connectivity index (χ1n) is 9.17. The van der Waals surface area contributed by atoms with Crippen LogP contribution in [0.1, 0.15) is 22.3 Å². The predicted molar refractivity (Wildman–Crippen MR) is 114 cm³/mol. The van der Waals surface area contributed by atoms with Gasteiger partial charge in [-0.3, -0.25) is 4.79 Å². The molecule has 0 aromatic heterocycles. The van der Waals surface area contributed by atoms with Crippen molar-refractivity contribution in [3.8, 4) is 0 Å². The van der Waals surface area contributed by atoms with Crippen LogP contribution in [-0.2, 0) is 26.8 Å². The lowest BCUT2D eigenvalue weighted by atomic mass is 10.1. The van der Waals surface area contributed by atoms with Crippen LogP contribution < -0.4 is 5.43 Å². The third-order valence-corrected chi connectivity index (χ3v) is 6.06. The van der Waals surface area contributed by atoms with Crippen LogP contribution in [0.15, 0.2) is 88.9 Å². The van der Waals surface area contributed by atoms with E-state index in [4.69, 9.17) is 0 Å². The number of aryl methyl sites for hydroxylation is 1. The SMILES string of the molecule is Cc1ccc(S(=O)(=O)Cc2ccccc2C=NNC(=O)Cc2ccccc2)cc1. The molecule has 0 unspecified atom stereocenters. The number of carbonyl (C=O) groups is 1. The molecule has 29 heavy (non-hydrogen) atoms. The van der Waals surface area contributed by atoms with Crippen molar-refractivity contribution in [3.63, 3.8) is 0 Å². The minimum absolute atomic E-state index is 0.143. The van der Waals surface area contributed by atoms with Crippen LogP contribution in [0.5, 0.6) is 0 Å². The molecule has 1 N–H and O–H groups in total. The fourth-order valence-corrected chi connectivity index (χ4v) is 4.21. The summed E-state index contributed by atoms with van der Waals surface area (Å²) in [5.41, 5.74) is 5.65. The van der Waals surface area contributed by atoms with E-state index in [1.54, 1.807) is 48.5 Å². The van der Waals surface area contributed by atoms with Crippen LogP contribution in [0.25, 0.3) is 0 Å². The highest BCUT2D eigenvalue weighted by atomic mass is 32.2. The number of amides is 1. The molecule has 0 aliphatic heterocycles. The van der Waals surface area contributed by atoms with Gasteiger partial charge in [-0.25, -0.2) is 13.8 Å². The molecule has 0 aliphatic rings. The molecule has 148 valence electrons. The van der Waals surface area contributed by atoms with Gasteiger partial charge in [-0.15, -0.1) is 0 Å². The van der Waals surface area contributed by atoms with Gasteiger partial charge in [-0.1, -0.05) is 72.3 Å². The zero-order valence-corrected chi connectivity index (χ0v) is 16.9. The van der Waals surface area contributed by atoms with Crippen LogP contribution in [0.2, 0.25) is 0 Å². The molecule has 0 saturated carbocycles. The summed E-state index contributed by atoms with van der Waals surface area (Å²) in [5.74, 6) is -0.381. The number of hydrazone groups is 1. The molecule has 0 fully saturated rings. The van der Waals surface area contributed by atoms with Crippen molar-refractivity contribution in [2.24, 2.45) is 5.10 Å². The van der Waals surface area contributed by atoms with Gasteiger partial charge >= 0.3 is 0 Å². The summed E-state index contributed by atoms with van der Waals surface area (Å²) in [6, 6.07) is 23.3. The van der Waals surface area contributed by atoms with Crippen LogP contribution in [-0.4, -0.2) is 20.5 Å². The Morgan fingerprint density at radius 3 is 2.31 bits per heavy atom. The number of benzene rings is 3. The molecule has 3 rings (SSSR count). The van der Waals surface area contributed by atoms with Crippen molar-refractivity contribution in [1.82, 2.24) is 5.43 Å². The van der Waals surface area contributed by atoms with Crippen molar-refractivity contribution >= 4 is 22.0 Å². The van der Waals surface area contributed by atoms with Crippen LogP contribution >= 0.6 is 0 Å². The minimum Gasteiger partial charge on any atom is -0.273 e. The van der Waals surface area contributed by atoms with Gasteiger partial charge in [0.1, 0.15) is 0 Å². The zero-order chi connectivity index (χ0) is 20.7. The van der Waals surface area contributed by atoms with Crippen LogP contribution in [0, 0.1) is 6.92 Å². The zero-order valence-electron chi connectivity index (χ0n) is 16.1. The van der Waals surface area contributed by atoms with E-state index in [0.717, 1.165) is 11.1 Å². The third-order valence-electron chi connectivity index (χ3n) is 4.38. The molecule has 6 heteroatoms. The molecule has 1 amide bonds. The van der Waals surface area contributed by atoms with Gasteiger partial charge < -0.3 is 0 Å². The van der Waals surface area contributed by atoms with E-state index in [0.29, 0.717) is 11.1 Å². The summed E-state index contributed by atoms with van der Waals surface area (Å²) in [6.07, 6.45) is 1.70. The maximum Gasteiger partial charge on any atom is 0.244 e. The number of nitrogens with one attached hydrogen (secondary N) is 1. The van der Waals surface area contributed by atoms with E-state index in [-0.39, 0.29) is 23.0 Å². The van der Waals surface area contributed by atoms with E-state index in [1.165, 1.54) is 6.21 Å². The van der Waals surface area contributed by atoms with Crippen molar-refractivity contribution in [1.29, 1.82) is 0 Å². The van der Waals surface area contributed by atoms with Gasteiger partial charge in [0.2, 0.25) is 5.91 Å². The summed E-state index contributed by atoms with van der Waals surface area (Å²) < 4.78 is 25.5. The van der Waals surface area contributed by atoms with Gasteiger partial charge in [0.05, 0.1) is 23.3 Å². The first-order valence-corrected chi connectivity index (χ1v) is 10.8. The number of hydrogen-bond acceptors (Lipinski definition) is 4. The highest BCUT2D eigenvalue weighted by Crippen LogP contribution is 2.19. The Morgan fingerprint density at radius 2 is 1.59 bits per heavy atom. The second-order valence-electron chi connectivity index (χ2n) is 6.73. The Balaban J connectivity index is 1.69. The summed E-state index contributed by atoms with van der Waals surface area (Å²) in [7, 11) is -3.48. The van der Waals surface area contributed by atoms with E-state index >= 15 is 0 Å². The van der Waals surface area contributed by atoms with Crippen LogP contribution in [0.3, 0.4) is 0 Å². The number of nitrogens with zero attached hydrogens (tertiary/aromatic N) is 1. The van der Waals surface area contributed by atoms with E-state index < -0.39 is 9.84 Å². The number of rotatable bonds is 7. The fraction of sp³-hybridized carbons (Fsp3) is 0.130. The molecule has 0 radical (unpaired) electrons. The molecule has 3 aromatic rings. The second kappa shape index (κ2) is 9.30. The van der Waals surface area contributed by atoms with Crippen molar-refractivity contribution in [2.45, 2.75) is 24.0 Å². The molecule has 0 bridgehead atoms. The maximum atomic E-state index is 12.7. The number of sulfone groups is 1. The fourth-order valence-electron chi connectivity index (χ4n) is 2.82. The molecule has 0 spiro atoms. The summed E-state index contributed by atoms with van der Waals surface area (Å²) in [4.78, 5) is 12.3. The number of hydrogen-bond donors (Lipinski definition) is 1. The maximum absolute atomic E-state index is 12.7. The quantitative estimate of drug-likeness (QED) is 0.481. The Kier molecular flexibility index (Phi) is 6.57. The first kappa shape index (κ1) is 20.5. The molecule has 0 heterocycles. The highest BCUT2D eigenvalue weighted by molar-refractivity contribution is 7.90. The monoisotopic (exact) mass is 406 g/mol. The third kappa shape index (κ3) is 5.86. The van der Waals surface area contributed by atoms with Crippen molar-refractivity contribution in [3.05, 3.63) is 101 Å². The van der Waals surface area contributed by atoms with Gasteiger partial charge in [0.15, 0.2) is 9.84 Å². The Hall–Kier alpha value is -3.25. The Bertz CT molecular complexity index is 1110. The normalized spacial score (nSPS) is 11.5. The topological polar surface area (TPSA) is 75.6 Å². The average Bonchev–Trinajstić information content (AvgIpc) is 2.70. The van der Waals surface area contributed by atoms with E-state index in [9.17, 15) is 13.2 Å². The van der Waals surface area contributed by atoms with Gasteiger partial charge in [0, 0.05) is 0 Å². The summed E-state index contributed by atoms with van der Waals surface area (Å²) in [5, 5.41) is 3.99. The van der Waals surface area contributed by atoms with Crippen LogP contribution in [0.4, 0.5) is 0 Å². The molecule has 3 aromatic carbocycles. The molecule has 0 saturated heterocycles. The number of carbonyl (C=O) groups excluding carboxylic acids is 1. The first-order chi connectivity index (χ1) is 13.9. The van der Waals surface area contributed by atoms with Gasteiger partial charge in [-0.2, -0.15) is 5.10 Å². The van der Waals surface area contributed by atoms with E-state index in [1.807, 2.05) is 37.3 Å². The van der Waals surface area contributed by atoms with Gasteiger partial charge in [0.25, 0.3) is 0 Å². The van der Waals surface area contributed by atoms with Crippen molar-refractivity contribution in [2.75, 3.05) is 0 Å². The summed E-state index contributed by atoms with van der Waals surface area (Å²) >= 11 is 0. The van der Waals surface area contributed by atoms with E-state index in [2.05, 4.69) is 10.5 Å². The standard InChI is InChI=1S/C23H22N2O3S/c1-18-11-13-22(14-12-18)29(27,28)17-21-10-6-5-9-20(21)16-24-25-23(26)15-19-7-3-2-4-8-19/h2-14,16H,15,17H2,1H3,(H,25,26). The average molecular weight is 407 g/mol. The Labute approximate surface area is 171 Å². The minimum atomic E-state index is -3.48. The van der Waals surface area contributed by atoms with Gasteiger partial charge in [-0.05, 0) is 35.7 Å². The molecule has 5 nitrogen and oxygen atoms in total. The predicted octanol–water partition coefficient (Wildman–Crippen LogP) is 3.66. The lowest BCUT2D eigenvalue weighted by Crippen LogP contribution is -2.19. The molecule has 0 aliphatic carbocycles. The lowest BCUT2D eigenvalue weighted by Gasteiger charge is -2.08. The molecular formula is C23H22N2O3S. The largest absolute Gasteiger partial charge is 0.273 e. The summed E-state index contributed by atoms with van der Waals surface area (Å²) in [6.45, 7) is 1.91. The molecule has 0 atom stereocenters. The molecular weight excluding hydrogens is 384 g/mol. The Morgan fingerprint density at radius 1 is 0.931 bits per heavy atom. The lowest BCUT2D eigenvalue weighted by molar-refractivity contribution is -0.120. The highest BCUT2D eigenvalue weighted by Gasteiger charge is 2.16. The smallest absolute Gasteiger partial charge is 0.244 e.